The number of amides is 1. The Morgan fingerprint density at radius 3 is 2.56 bits per heavy atom. The van der Waals surface area contributed by atoms with Crippen molar-refractivity contribution in [2.24, 2.45) is 0 Å². The molecule has 7 nitrogen and oxygen atoms in total. The van der Waals surface area contributed by atoms with Gasteiger partial charge in [-0.1, -0.05) is 39.5 Å². The fourth-order valence-electron chi connectivity index (χ4n) is 4.40. The van der Waals surface area contributed by atoms with Crippen molar-refractivity contribution in [3.63, 3.8) is 0 Å². The van der Waals surface area contributed by atoms with Crippen LogP contribution in [0.1, 0.15) is 74.2 Å². The van der Waals surface area contributed by atoms with Gasteiger partial charge in [0, 0.05) is 29.3 Å². The number of ether oxygens (including phenoxy) is 2. The van der Waals surface area contributed by atoms with Crippen LogP contribution >= 0.6 is 0 Å². The van der Waals surface area contributed by atoms with Crippen molar-refractivity contribution in [1.29, 1.82) is 0 Å². The number of carbonyl (C=O) groups is 2. The molecular weight excluding hydrogens is 432 g/mol. The monoisotopic (exact) mass is 468 g/mol. The lowest BCUT2D eigenvalue weighted by Crippen LogP contribution is -2.38. The Hall–Kier alpha value is -3.22. The van der Waals surface area contributed by atoms with E-state index < -0.39 is 5.97 Å². The lowest BCUT2D eigenvalue weighted by molar-refractivity contribution is -0.136. The number of fused-ring (bicyclic) bond motifs is 1. The predicted octanol–water partition coefficient (Wildman–Crippen LogP) is 5.22. The maximum atomic E-state index is 12.2. The van der Waals surface area contributed by atoms with Gasteiger partial charge in [0.25, 0.3) is 5.91 Å². The SMILES string of the molecule is CCCCCCC(Nc1ccc(C(=O)NCCC(=O)O)cc1)C1Oc2ccc(OC)cc2C1C. The summed E-state index contributed by atoms with van der Waals surface area (Å²) in [6.45, 7) is 4.51. The van der Waals surface area contributed by atoms with Crippen molar-refractivity contribution in [3.05, 3.63) is 53.6 Å². The molecule has 0 fully saturated rings. The number of carboxylic acids is 1. The van der Waals surface area contributed by atoms with Gasteiger partial charge in [-0.05, 0) is 48.9 Å². The summed E-state index contributed by atoms with van der Waals surface area (Å²) in [6, 6.07) is 13.4. The predicted molar refractivity (Wildman–Crippen MR) is 133 cm³/mol. The van der Waals surface area contributed by atoms with Crippen LogP contribution in [0.3, 0.4) is 0 Å². The maximum Gasteiger partial charge on any atom is 0.305 e. The molecule has 1 aliphatic heterocycles. The summed E-state index contributed by atoms with van der Waals surface area (Å²) in [7, 11) is 1.67. The van der Waals surface area contributed by atoms with Crippen LogP contribution in [0, 0.1) is 0 Å². The van der Waals surface area contributed by atoms with E-state index in [1.807, 2.05) is 24.3 Å². The maximum absolute atomic E-state index is 12.2. The number of hydrogen-bond acceptors (Lipinski definition) is 5. The summed E-state index contributed by atoms with van der Waals surface area (Å²) < 4.78 is 11.8. The summed E-state index contributed by atoms with van der Waals surface area (Å²) in [5.74, 6) is 0.745. The molecule has 1 heterocycles. The van der Waals surface area contributed by atoms with Crippen LogP contribution in [0.2, 0.25) is 0 Å². The molecular formula is C27H36N2O5. The van der Waals surface area contributed by atoms with E-state index in [9.17, 15) is 9.59 Å². The van der Waals surface area contributed by atoms with Gasteiger partial charge >= 0.3 is 5.97 Å². The molecule has 0 aliphatic carbocycles. The first kappa shape index (κ1) is 25.4. The average Bonchev–Trinajstić information content (AvgIpc) is 3.16. The smallest absolute Gasteiger partial charge is 0.305 e. The number of carbonyl (C=O) groups excluding carboxylic acids is 1. The number of rotatable bonds is 13. The second-order valence-electron chi connectivity index (χ2n) is 8.85. The van der Waals surface area contributed by atoms with E-state index in [0.29, 0.717) is 5.56 Å². The minimum Gasteiger partial charge on any atom is -0.497 e. The van der Waals surface area contributed by atoms with Gasteiger partial charge in [-0.25, -0.2) is 0 Å². The number of hydrogen-bond donors (Lipinski definition) is 3. The molecule has 1 amide bonds. The molecule has 0 bridgehead atoms. The highest BCUT2D eigenvalue weighted by atomic mass is 16.5. The molecule has 184 valence electrons. The first-order valence-corrected chi connectivity index (χ1v) is 12.1. The van der Waals surface area contributed by atoms with E-state index >= 15 is 0 Å². The summed E-state index contributed by atoms with van der Waals surface area (Å²) in [5, 5.41) is 15.0. The first-order valence-electron chi connectivity index (χ1n) is 12.1. The molecule has 2 aromatic carbocycles. The topological polar surface area (TPSA) is 96.9 Å². The first-order chi connectivity index (χ1) is 16.4. The third-order valence-electron chi connectivity index (χ3n) is 6.35. The zero-order valence-electron chi connectivity index (χ0n) is 20.3. The third-order valence-corrected chi connectivity index (χ3v) is 6.35. The standard InChI is InChI=1S/C27H36N2O5/c1-4-5-6-7-8-23(26-18(2)22-17-21(33-3)13-14-24(22)34-26)29-20-11-9-19(10-12-20)27(32)28-16-15-25(30)31/h9-14,17-18,23,26,29H,4-8,15-16H2,1-3H3,(H,28,32)(H,30,31). The van der Waals surface area contributed by atoms with Gasteiger partial charge in [-0.2, -0.15) is 0 Å². The Balaban J connectivity index is 1.69. The summed E-state index contributed by atoms with van der Waals surface area (Å²) in [4.78, 5) is 22.9. The molecule has 0 saturated carbocycles. The van der Waals surface area contributed by atoms with Crippen LogP contribution in [-0.4, -0.2) is 42.8 Å². The highest BCUT2D eigenvalue weighted by Crippen LogP contribution is 2.42. The van der Waals surface area contributed by atoms with E-state index in [1.165, 1.54) is 19.3 Å². The normalized spacial score (nSPS) is 17.4. The molecule has 3 N–H and O–H groups in total. The molecule has 3 rings (SSSR count). The van der Waals surface area contributed by atoms with E-state index in [2.05, 4.69) is 30.5 Å². The lowest BCUT2D eigenvalue weighted by atomic mass is 9.90. The highest BCUT2D eigenvalue weighted by Gasteiger charge is 2.37. The van der Waals surface area contributed by atoms with Crippen molar-refractivity contribution < 1.29 is 24.2 Å². The summed E-state index contributed by atoms with van der Waals surface area (Å²) >= 11 is 0. The number of anilines is 1. The zero-order valence-corrected chi connectivity index (χ0v) is 20.3. The van der Waals surface area contributed by atoms with E-state index in [-0.39, 0.29) is 36.9 Å². The Kier molecular flexibility index (Phi) is 9.19. The number of carboxylic acid groups (broad SMARTS) is 1. The number of aliphatic carboxylic acids is 1. The van der Waals surface area contributed by atoms with Gasteiger partial charge < -0.3 is 25.2 Å². The van der Waals surface area contributed by atoms with Crippen LogP contribution in [0.4, 0.5) is 5.69 Å². The summed E-state index contributed by atoms with van der Waals surface area (Å²) in [6.07, 6.45) is 5.58. The van der Waals surface area contributed by atoms with Crippen molar-refractivity contribution in [2.45, 2.75) is 70.4 Å². The third kappa shape index (κ3) is 6.65. The Morgan fingerprint density at radius 1 is 1.12 bits per heavy atom. The molecule has 1 aliphatic rings. The molecule has 0 radical (unpaired) electrons. The number of benzene rings is 2. The number of methoxy groups -OCH3 is 1. The molecule has 0 saturated heterocycles. The van der Waals surface area contributed by atoms with Crippen molar-refractivity contribution >= 4 is 17.6 Å². The quantitative estimate of drug-likeness (QED) is 0.349. The highest BCUT2D eigenvalue weighted by molar-refractivity contribution is 5.94. The Bertz CT molecular complexity index is 960. The van der Waals surface area contributed by atoms with Gasteiger partial charge in [0.15, 0.2) is 0 Å². The van der Waals surface area contributed by atoms with Crippen molar-refractivity contribution in [2.75, 3.05) is 19.0 Å². The molecule has 3 atom stereocenters. The van der Waals surface area contributed by atoms with Gasteiger partial charge in [0.05, 0.1) is 19.6 Å². The van der Waals surface area contributed by atoms with E-state index in [0.717, 1.165) is 35.6 Å². The Morgan fingerprint density at radius 2 is 1.88 bits per heavy atom. The molecule has 0 spiro atoms. The lowest BCUT2D eigenvalue weighted by Gasteiger charge is -2.28. The van der Waals surface area contributed by atoms with Crippen LogP contribution in [0.25, 0.3) is 0 Å². The molecule has 3 unspecified atom stereocenters. The second kappa shape index (κ2) is 12.3. The van der Waals surface area contributed by atoms with Crippen LogP contribution in [-0.2, 0) is 4.79 Å². The molecule has 0 aromatic heterocycles. The van der Waals surface area contributed by atoms with Crippen LogP contribution < -0.4 is 20.1 Å². The van der Waals surface area contributed by atoms with Gasteiger partial charge in [-0.3, -0.25) is 9.59 Å². The average molecular weight is 469 g/mol. The van der Waals surface area contributed by atoms with Crippen molar-refractivity contribution in [1.82, 2.24) is 5.32 Å². The van der Waals surface area contributed by atoms with Crippen LogP contribution in [0.15, 0.2) is 42.5 Å². The van der Waals surface area contributed by atoms with Gasteiger partial charge in [0.1, 0.15) is 17.6 Å². The summed E-state index contributed by atoms with van der Waals surface area (Å²) in [5.41, 5.74) is 2.59. The largest absolute Gasteiger partial charge is 0.497 e. The molecule has 34 heavy (non-hydrogen) atoms. The van der Waals surface area contributed by atoms with Crippen molar-refractivity contribution in [3.8, 4) is 11.5 Å². The Labute approximate surface area is 201 Å². The zero-order chi connectivity index (χ0) is 24.5. The molecule has 7 heteroatoms. The van der Waals surface area contributed by atoms with Gasteiger partial charge in [0.2, 0.25) is 0 Å². The second-order valence-corrected chi connectivity index (χ2v) is 8.85. The number of unbranched alkanes of at least 4 members (excludes halogenated alkanes) is 3. The number of nitrogens with one attached hydrogen (secondary N) is 2. The minimum absolute atomic E-state index is 0.0114. The van der Waals surface area contributed by atoms with Gasteiger partial charge in [-0.15, -0.1) is 0 Å². The van der Waals surface area contributed by atoms with Crippen LogP contribution in [0.5, 0.6) is 11.5 Å². The fourth-order valence-corrected chi connectivity index (χ4v) is 4.40. The fraction of sp³-hybridized carbons (Fsp3) is 0.481. The van der Waals surface area contributed by atoms with E-state index in [1.54, 1.807) is 19.2 Å². The molecule has 2 aromatic rings. The van der Waals surface area contributed by atoms with E-state index in [4.69, 9.17) is 14.6 Å². The minimum atomic E-state index is -0.936.